The van der Waals surface area contributed by atoms with Gasteiger partial charge < -0.3 is 18.9 Å². The molecule has 4 aromatic rings. The zero-order valence-electron chi connectivity index (χ0n) is 36.7. The minimum Gasteiger partial charge on any atom is -0.378 e. The van der Waals surface area contributed by atoms with Crippen molar-refractivity contribution in [3.63, 3.8) is 0 Å². The molecule has 0 fully saturated rings. The maximum Gasteiger partial charge on any atom is 0.216 e. The lowest BCUT2D eigenvalue weighted by molar-refractivity contribution is -0.700. The van der Waals surface area contributed by atoms with Crippen LogP contribution in [0.3, 0.4) is 0 Å². The summed E-state index contributed by atoms with van der Waals surface area (Å²) >= 11 is 0. The van der Waals surface area contributed by atoms with E-state index in [1.807, 2.05) is 24.3 Å². The fraction of sp³-hybridized carbons (Fsp3) is 0.231. The molecule has 9 heterocycles. The van der Waals surface area contributed by atoms with Gasteiger partial charge in [-0.25, -0.2) is 20.0 Å². The first-order valence-electron chi connectivity index (χ1n) is 21.6. The second kappa shape index (κ2) is 19.6. The number of aromatic nitrogens is 4. The number of allylic oxidation sites excluding steroid dienone is 12. The number of ether oxygens (including phenoxy) is 4. The summed E-state index contributed by atoms with van der Waals surface area (Å²) in [6.45, 7) is 4.74. The van der Waals surface area contributed by atoms with Gasteiger partial charge in [-0.1, -0.05) is 0 Å². The number of pyridine rings is 4. The SMILES string of the molecule is COCC[n+]1ccccc1C1=C2C=CC(=N2)C(c2cccc[n+]2CCOC)=C2C=CC(=N2)C(c2cccc[n+]2CCOC)=C2C=CC(=N2)C(c2cccc[n+]2CCOC)=C2C=CC1=N2. The van der Waals surface area contributed by atoms with Crippen molar-refractivity contribution >= 4 is 45.1 Å². The second-order valence-corrected chi connectivity index (χ2v) is 15.5. The van der Waals surface area contributed by atoms with Crippen LogP contribution < -0.4 is 18.3 Å². The van der Waals surface area contributed by atoms with Gasteiger partial charge in [0.25, 0.3) is 0 Å². The molecule has 320 valence electrons. The summed E-state index contributed by atoms with van der Waals surface area (Å²) < 4.78 is 31.2. The molecule has 12 heteroatoms. The van der Waals surface area contributed by atoms with E-state index in [9.17, 15) is 0 Å². The number of fused-ring (bicyclic) bond motifs is 4. The van der Waals surface area contributed by atoms with Gasteiger partial charge in [0.1, 0.15) is 26.4 Å². The number of hydrogen-bond acceptors (Lipinski definition) is 8. The Kier molecular flexibility index (Phi) is 13.0. The quantitative estimate of drug-likeness (QED) is 0.141. The van der Waals surface area contributed by atoms with E-state index in [0.29, 0.717) is 52.6 Å². The Labute approximate surface area is 373 Å². The van der Waals surface area contributed by atoms with E-state index in [0.717, 1.165) is 90.7 Å². The van der Waals surface area contributed by atoms with Gasteiger partial charge in [-0.3, -0.25) is 0 Å². The standard InChI is InChI=1S/C52H52N8O4/c1-61-33-29-57-25-9-5-13-45(57)49-37-17-19-39(53-37)50(46-14-6-10-26-58(46)30-34-62-2)41-21-23-43(55-41)52(48-16-8-12-28-60(48)32-36-64-4)44-24-22-42(56-44)51(40-20-18-38(49)54-40)47-15-7-11-27-59(47)31-35-63-3/h5-28H,29-36H2,1-4H3/q+4. The Hall–Kier alpha value is -6.96. The van der Waals surface area contributed by atoms with Crippen LogP contribution in [0.1, 0.15) is 22.8 Å². The third-order valence-corrected chi connectivity index (χ3v) is 11.5. The Morgan fingerprint density at radius 2 is 0.562 bits per heavy atom. The molecule has 0 amide bonds. The van der Waals surface area contributed by atoms with Crippen molar-refractivity contribution in [2.24, 2.45) is 20.0 Å². The van der Waals surface area contributed by atoms with Crippen LogP contribution in [-0.4, -0.2) is 77.7 Å². The number of methoxy groups -OCH3 is 4. The molecule has 0 unspecified atom stereocenters. The summed E-state index contributed by atoms with van der Waals surface area (Å²) in [5.41, 5.74) is 13.7. The van der Waals surface area contributed by atoms with Crippen LogP contribution in [0.5, 0.6) is 0 Å². The van der Waals surface area contributed by atoms with Crippen molar-refractivity contribution in [3.8, 4) is 0 Å². The van der Waals surface area contributed by atoms with Gasteiger partial charge in [0.2, 0.25) is 22.8 Å². The van der Waals surface area contributed by atoms with Crippen LogP contribution in [0.25, 0.3) is 22.3 Å². The molecule has 64 heavy (non-hydrogen) atoms. The molecule has 0 N–H and O–H groups in total. The molecule has 0 atom stereocenters. The first-order chi connectivity index (χ1) is 31.6. The molecule has 0 saturated heterocycles. The topological polar surface area (TPSA) is 102 Å². The fourth-order valence-electron chi connectivity index (χ4n) is 8.49. The van der Waals surface area contributed by atoms with Gasteiger partial charge in [-0.05, 0) is 72.9 Å². The van der Waals surface area contributed by atoms with Crippen molar-refractivity contribution in [3.05, 3.63) is 192 Å². The van der Waals surface area contributed by atoms with Gasteiger partial charge in [-0.2, -0.15) is 18.3 Å². The Bertz CT molecular complexity index is 2500. The lowest BCUT2D eigenvalue weighted by Crippen LogP contribution is -2.40. The van der Waals surface area contributed by atoms with Gasteiger partial charge in [0.15, 0.2) is 51.0 Å². The summed E-state index contributed by atoms with van der Waals surface area (Å²) in [7, 11) is 6.91. The summed E-state index contributed by atoms with van der Waals surface area (Å²) in [5, 5.41) is 0. The smallest absolute Gasteiger partial charge is 0.216 e. The van der Waals surface area contributed by atoms with Crippen LogP contribution in [-0.2, 0) is 45.1 Å². The molecule has 8 bridgehead atoms. The second-order valence-electron chi connectivity index (χ2n) is 15.5. The number of aliphatic imine (C=N–C) groups is 4. The van der Waals surface area contributed by atoms with E-state index in [1.165, 1.54) is 0 Å². The predicted molar refractivity (Wildman–Crippen MR) is 248 cm³/mol. The first kappa shape index (κ1) is 42.3. The fourth-order valence-corrected chi connectivity index (χ4v) is 8.49. The van der Waals surface area contributed by atoms with Gasteiger partial charge in [-0.15, -0.1) is 0 Å². The zero-order valence-corrected chi connectivity index (χ0v) is 36.7. The minimum atomic E-state index is 0.541. The molecule has 0 spiro atoms. The molecular weight excluding hydrogens is 801 g/mol. The van der Waals surface area contributed by atoms with E-state index in [1.54, 1.807) is 28.4 Å². The Balaban J connectivity index is 1.38. The van der Waals surface area contributed by atoms with Crippen LogP contribution >= 0.6 is 0 Å². The maximum atomic E-state index is 5.58. The Morgan fingerprint density at radius 3 is 0.781 bits per heavy atom. The van der Waals surface area contributed by atoms with E-state index in [2.05, 4.69) is 140 Å². The summed E-state index contributed by atoms with van der Waals surface area (Å²) in [6, 6.07) is 24.9. The molecule has 0 saturated carbocycles. The number of rotatable bonds is 16. The summed E-state index contributed by atoms with van der Waals surface area (Å²) in [6.07, 6.45) is 25.1. The Morgan fingerprint density at radius 1 is 0.328 bits per heavy atom. The highest BCUT2D eigenvalue weighted by molar-refractivity contribution is 6.39. The van der Waals surface area contributed by atoms with Gasteiger partial charge in [0.05, 0.1) is 67.9 Å². The monoisotopic (exact) mass is 852 g/mol. The molecule has 0 radical (unpaired) electrons. The third kappa shape index (κ3) is 8.56. The number of nitrogens with zero attached hydrogens (tertiary/aromatic N) is 8. The molecule has 4 aromatic heterocycles. The van der Waals surface area contributed by atoms with Crippen molar-refractivity contribution in [2.45, 2.75) is 26.2 Å². The first-order valence-corrected chi connectivity index (χ1v) is 21.6. The van der Waals surface area contributed by atoms with Crippen molar-refractivity contribution in [1.29, 1.82) is 0 Å². The molecule has 0 aromatic carbocycles. The van der Waals surface area contributed by atoms with Crippen LogP contribution in [0, 0.1) is 0 Å². The normalized spacial score (nSPS) is 16.4. The van der Waals surface area contributed by atoms with Crippen molar-refractivity contribution in [1.82, 2.24) is 0 Å². The van der Waals surface area contributed by atoms with E-state index in [4.69, 9.17) is 38.9 Å². The zero-order chi connectivity index (χ0) is 43.8. The highest BCUT2D eigenvalue weighted by atomic mass is 16.5. The molecular formula is C52H52N8O4+4. The lowest BCUT2D eigenvalue weighted by atomic mass is 10.0. The van der Waals surface area contributed by atoms with E-state index < -0.39 is 0 Å². The lowest BCUT2D eigenvalue weighted by Gasteiger charge is -2.12. The van der Waals surface area contributed by atoms with Crippen molar-refractivity contribution < 1.29 is 37.2 Å². The maximum absolute atomic E-state index is 5.58. The molecule has 12 nitrogen and oxygen atoms in total. The molecule has 9 rings (SSSR count). The van der Waals surface area contributed by atoms with Gasteiger partial charge >= 0.3 is 0 Å². The highest BCUT2D eigenvalue weighted by Gasteiger charge is 2.34. The van der Waals surface area contributed by atoms with E-state index in [-0.39, 0.29) is 0 Å². The average molecular weight is 853 g/mol. The van der Waals surface area contributed by atoms with E-state index >= 15 is 0 Å². The highest BCUT2D eigenvalue weighted by Crippen LogP contribution is 2.37. The predicted octanol–water partition coefficient (Wildman–Crippen LogP) is 5.42. The van der Waals surface area contributed by atoms with Gasteiger partial charge in [0, 0.05) is 77.0 Å². The largest absolute Gasteiger partial charge is 0.378 e. The third-order valence-electron chi connectivity index (χ3n) is 11.5. The molecule has 5 aliphatic heterocycles. The summed E-state index contributed by atoms with van der Waals surface area (Å²) in [4.78, 5) is 22.1. The van der Waals surface area contributed by atoms with Crippen LogP contribution in [0.15, 0.2) is 189 Å². The van der Waals surface area contributed by atoms with Crippen LogP contribution in [0.2, 0.25) is 0 Å². The average Bonchev–Trinajstić information content (AvgIpc) is 4.19. The molecule has 0 aliphatic carbocycles. The summed E-state index contributed by atoms with van der Waals surface area (Å²) in [5.74, 6) is 0. The van der Waals surface area contributed by atoms with Crippen molar-refractivity contribution in [2.75, 3.05) is 54.9 Å². The minimum absolute atomic E-state index is 0.541. The van der Waals surface area contributed by atoms with Crippen LogP contribution in [0.4, 0.5) is 0 Å². The number of hydrogen-bond donors (Lipinski definition) is 0. The molecule has 5 aliphatic rings.